The fourth-order valence-electron chi connectivity index (χ4n) is 2.57. The normalized spacial score (nSPS) is 10.8. The highest BCUT2D eigenvalue weighted by Crippen LogP contribution is 2.13. The number of hydrogen-bond donors (Lipinski definition) is 1. The number of aromatic nitrogens is 4. The molecule has 0 aliphatic carbocycles. The second kappa shape index (κ2) is 7.00. The molecule has 0 aliphatic heterocycles. The van der Waals surface area contributed by atoms with Gasteiger partial charge in [-0.05, 0) is 18.6 Å². The number of pyridine rings is 2. The van der Waals surface area contributed by atoms with Crippen LogP contribution in [0.4, 0.5) is 0 Å². The molecule has 0 fully saturated rings. The highest BCUT2D eigenvalue weighted by atomic mass is 16.1. The Labute approximate surface area is 134 Å². The number of nitrogens with zero attached hydrogens (tertiary/aromatic N) is 4. The molecule has 3 heterocycles. The van der Waals surface area contributed by atoms with Crippen LogP contribution in [0.2, 0.25) is 0 Å². The number of fused-ring (bicyclic) bond motifs is 1. The van der Waals surface area contributed by atoms with Crippen LogP contribution in [-0.2, 0) is 13.0 Å². The van der Waals surface area contributed by atoms with Gasteiger partial charge in [-0.3, -0.25) is 14.8 Å². The van der Waals surface area contributed by atoms with E-state index in [1.54, 1.807) is 18.6 Å². The van der Waals surface area contributed by atoms with Crippen LogP contribution in [0.15, 0.2) is 43.1 Å². The number of imidazole rings is 1. The van der Waals surface area contributed by atoms with Gasteiger partial charge in [0.2, 0.25) is 0 Å². The Bertz CT molecular complexity index is 806. The minimum atomic E-state index is -0.136. The van der Waals surface area contributed by atoms with Gasteiger partial charge >= 0.3 is 0 Å². The Kier molecular flexibility index (Phi) is 4.61. The van der Waals surface area contributed by atoms with Crippen molar-refractivity contribution in [3.05, 3.63) is 54.5 Å². The first kappa shape index (κ1) is 15.1. The van der Waals surface area contributed by atoms with Gasteiger partial charge in [-0.15, -0.1) is 0 Å². The zero-order valence-corrected chi connectivity index (χ0v) is 13.1. The summed E-state index contributed by atoms with van der Waals surface area (Å²) in [5.74, 6) is 0.932. The van der Waals surface area contributed by atoms with Crippen molar-refractivity contribution in [1.29, 1.82) is 0 Å². The Hall–Kier alpha value is -2.76. The highest BCUT2D eigenvalue weighted by molar-refractivity contribution is 6.04. The van der Waals surface area contributed by atoms with Crippen molar-refractivity contribution in [1.82, 2.24) is 24.8 Å². The van der Waals surface area contributed by atoms with Crippen LogP contribution in [0.1, 0.15) is 29.5 Å². The third kappa shape index (κ3) is 3.36. The minimum Gasteiger partial charge on any atom is -0.352 e. The van der Waals surface area contributed by atoms with E-state index in [0.29, 0.717) is 17.6 Å². The third-order valence-corrected chi connectivity index (χ3v) is 3.74. The summed E-state index contributed by atoms with van der Waals surface area (Å²) < 4.78 is 2.12. The van der Waals surface area contributed by atoms with Crippen molar-refractivity contribution in [3.8, 4) is 0 Å². The molecule has 0 spiro atoms. The van der Waals surface area contributed by atoms with Crippen LogP contribution in [-0.4, -0.2) is 32.0 Å². The van der Waals surface area contributed by atoms with Gasteiger partial charge in [0.15, 0.2) is 0 Å². The number of rotatable bonds is 6. The molecule has 0 radical (unpaired) electrons. The Morgan fingerprint density at radius 1 is 1.26 bits per heavy atom. The van der Waals surface area contributed by atoms with E-state index in [9.17, 15) is 4.79 Å². The van der Waals surface area contributed by atoms with Crippen molar-refractivity contribution in [3.63, 3.8) is 0 Å². The lowest BCUT2D eigenvalue weighted by Crippen LogP contribution is -2.26. The monoisotopic (exact) mass is 309 g/mol. The molecule has 3 rings (SSSR count). The first-order valence-corrected chi connectivity index (χ1v) is 7.76. The van der Waals surface area contributed by atoms with Gasteiger partial charge in [0, 0.05) is 55.9 Å². The van der Waals surface area contributed by atoms with Crippen molar-refractivity contribution in [2.24, 2.45) is 0 Å². The molecular formula is C17H19N5O. The van der Waals surface area contributed by atoms with E-state index in [-0.39, 0.29) is 5.91 Å². The first-order valence-electron chi connectivity index (χ1n) is 7.76. The molecule has 6 nitrogen and oxygen atoms in total. The molecular weight excluding hydrogens is 290 g/mol. The van der Waals surface area contributed by atoms with E-state index in [4.69, 9.17) is 0 Å². The fraction of sp³-hybridized carbons (Fsp3) is 0.294. The highest BCUT2D eigenvalue weighted by Gasteiger charge is 2.11. The molecule has 1 amide bonds. The second-order valence-corrected chi connectivity index (χ2v) is 5.26. The zero-order valence-electron chi connectivity index (χ0n) is 13.1. The SMILES string of the molecule is CCc1nccn1CCCNC(=O)c1cncc2cccnc12. The van der Waals surface area contributed by atoms with Gasteiger partial charge < -0.3 is 9.88 Å². The lowest BCUT2D eigenvalue weighted by molar-refractivity contribution is 0.0954. The van der Waals surface area contributed by atoms with Crippen molar-refractivity contribution in [2.45, 2.75) is 26.3 Å². The van der Waals surface area contributed by atoms with Crippen LogP contribution in [0.3, 0.4) is 0 Å². The van der Waals surface area contributed by atoms with E-state index in [2.05, 4.69) is 31.8 Å². The van der Waals surface area contributed by atoms with Gasteiger partial charge in [-0.1, -0.05) is 6.92 Å². The number of nitrogens with one attached hydrogen (secondary N) is 1. The van der Waals surface area contributed by atoms with Crippen LogP contribution in [0.25, 0.3) is 10.9 Å². The van der Waals surface area contributed by atoms with E-state index >= 15 is 0 Å². The van der Waals surface area contributed by atoms with Crippen molar-refractivity contribution < 1.29 is 4.79 Å². The molecule has 3 aromatic heterocycles. The van der Waals surface area contributed by atoms with Gasteiger partial charge in [-0.2, -0.15) is 0 Å². The summed E-state index contributed by atoms with van der Waals surface area (Å²) in [6.45, 7) is 3.53. The first-order chi connectivity index (χ1) is 11.3. The maximum atomic E-state index is 12.3. The summed E-state index contributed by atoms with van der Waals surface area (Å²) in [6, 6.07) is 3.74. The maximum Gasteiger partial charge on any atom is 0.255 e. The van der Waals surface area contributed by atoms with Crippen molar-refractivity contribution in [2.75, 3.05) is 6.54 Å². The predicted molar refractivity (Wildman–Crippen MR) is 88.1 cm³/mol. The average Bonchev–Trinajstić information content (AvgIpc) is 3.05. The predicted octanol–water partition coefficient (Wildman–Crippen LogP) is 2.21. The lowest BCUT2D eigenvalue weighted by Gasteiger charge is -2.08. The molecule has 1 N–H and O–H groups in total. The van der Waals surface area contributed by atoms with Crippen LogP contribution < -0.4 is 5.32 Å². The minimum absolute atomic E-state index is 0.136. The summed E-state index contributed by atoms with van der Waals surface area (Å²) in [4.78, 5) is 25.0. The standard InChI is InChI=1S/C17H19N5O/c1-2-15-19-8-10-22(15)9-4-7-21-17(23)14-12-18-11-13-5-3-6-20-16(13)14/h3,5-6,8,10-12H,2,4,7,9H2,1H3,(H,21,23). The quantitative estimate of drug-likeness (QED) is 0.709. The summed E-state index contributed by atoms with van der Waals surface area (Å²) in [5, 5.41) is 3.81. The van der Waals surface area contributed by atoms with Gasteiger partial charge in [0.25, 0.3) is 5.91 Å². The molecule has 6 heteroatoms. The van der Waals surface area contributed by atoms with Crippen molar-refractivity contribution >= 4 is 16.8 Å². The number of carbonyl (C=O) groups is 1. The van der Waals surface area contributed by atoms with E-state index in [1.807, 2.05) is 24.5 Å². The van der Waals surface area contributed by atoms with E-state index in [1.165, 1.54) is 0 Å². The number of amides is 1. The summed E-state index contributed by atoms with van der Waals surface area (Å²) in [7, 11) is 0. The van der Waals surface area contributed by atoms with Gasteiger partial charge in [0.05, 0.1) is 11.1 Å². The van der Waals surface area contributed by atoms with Crippen LogP contribution in [0.5, 0.6) is 0 Å². The molecule has 0 unspecified atom stereocenters. The molecule has 0 aliphatic rings. The maximum absolute atomic E-state index is 12.3. The topological polar surface area (TPSA) is 72.7 Å². The van der Waals surface area contributed by atoms with E-state index in [0.717, 1.165) is 30.6 Å². The Balaban J connectivity index is 1.59. The van der Waals surface area contributed by atoms with Gasteiger partial charge in [0.1, 0.15) is 5.82 Å². The van der Waals surface area contributed by atoms with Crippen LogP contribution in [0, 0.1) is 0 Å². The molecule has 3 aromatic rings. The zero-order chi connectivity index (χ0) is 16.1. The third-order valence-electron chi connectivity index (χ3n) is 3.74. The fourth-order valence-corrected chi connectivity index (χ4v) is 2.57. The molecule has 0 saturated carbocycles. The second-order valence-electron chi connectivity index (χ2n) is 5.26. The molecule has 23 heavy (non-hydrogen) atoms. The number of aryl methyl sites for hydroxylation is 2. The summed E-state index contributed by atoms with van der Waals surface area (Å²) >= 11 is 0. The Morgan fingerprint density at radius 2 is 2.17 bits per heavy atom. The van der Waals surface area contributed by atoms with E-state index < -0.39 is 0 Å². The number of hydrogen-bond acceptors (Lipinski definition) is 4. The molecule has 118 valence electrons. The molecule has 0 saturated heterocycles. The van der Waals surface area contributed by atoms with Crippen LogP contribution >= 0.6 is 0 Å². The largest absolute Gasteiger partial charge is 0.352 e. The summed E-state index contributed by atoms with van der Waals surface area (Å²) in [5.41, 5.74) is 1.20. The smallest absolute Gasteiger partial charge is 0.255 e. The molecule has 0 aromatic carbocycles. The average molecular weight is 309 g/mol. The Morgan fingerprint density at radius 3 is 3.04 bits per heavy atom. The molecule has 0 bridgehead atoms. The lowest BCUT2D eigenvalue weighted by atomic mass is 10.1. The number of carbonyl (C=O) groups excluding carboxylic acids is 1. The van der Waals surface area contributed by atoms with Gasteiger partial charge in [-0.25, -0.2) is 4.98 Å². The molecule has 0 atom stereocenters. The summed E-state index contributed by atoms with van der Waals surface area (Å²) in [6.07, 6.45) is 10.5.